The molecule has 129 valence electrons. The highest BCUT2D eigenvalue weighted by Gasteiger charge is 2.23. The van der Waals surface area contributed by atoms with E-state index in [1.807, 2.05) is 31.2 Å². The van der Waals surface area contributed by atoms with Crippen molar-refractivity contribution in [1.29, 1.82) is 0 Å². The normalized spacial score (nSPS) is 17.4. The average Bonchev–Trinajstić information content (AvgIpc) is 2.56. The van der Waals surface area contributed by atoms with Crippen LogP contribution in [0.2, 0.25) is 0 Å². The van der Waals surface area contributed by atoms with Crippen LogP contribution in [0.4, 0.5) is 0 Å². The molecule has 4 heteroatoms. The molecular weight excluding hydrogens is 310 g/mol. The van der Waals surface area contributed by atoms with Crippen LogP contribution in [0.5, 0.6) is 5.75 Å². The predicted molar refractivity (Wildman–Crippen MR) is 99.7 cm³/mol. The van der Waals surface area contributed by atoms with E-state index in [-0.39, 0.29) is 11.5 Å². The first-order valence-corrected chi connectivity index (χ1v) is 8.50. The van der Waals surface area contributed by atoms with Gasteiger partial charge >= 0.3 is 0 Å². The third-order valence-electron chi connectivity index (χ3n) is 4.10. The summed E-state index contributed by atoms with van der Waals surface area (Å²) in [5.74, 6) is 1.65. The molecule has 1 unspecified atom stereocenters. The van der Waals surface area contributed by atoms with Crippen molar-refractivity contribution in [1.82, 2.24) is 15.3 Å². The lowest BCUT2D eigenvalue weighted by Crippen LogP contribution is -2.31. The van der Waals surface area contributed by atoms with Crippen LogP contribution in [0.3, 0.4) is 0 Å². The molecule has 1 atom stereocenters. The van der Waals surface area contributed by atoms with Crippen molar-refractivity contribution in [2.75, 3.05) is 0 Å². The molecule has 25 heavy (non-hydrogen) atoms. The summed E-state index contributed by atoms with van der Waals surface area (Å²) in [7, 11) is 0. The van der Waals surface area contributed by atoms with Crippen molar-refractivity contribution in [2.45, 2.75) is 40.7 Å². The van der Waals surface area contributed by atoms with Gasteiger partial charge in [0.05, 0.1) is 17.9 Å². The molecular formula is C21H24N3O. The number of ether oxygens (including phenoxy) is 1. The van der Waals surface area contributed by atoms with Crippen LogP contribution in [0.25, 0.3) is 11.3 Å². The van der Waals surface area contributed by atoms with E-state index in [9.17, 15) is 0 Å². The molecule has 2 aromatic heterocycles. The molecule has 2 aromatic rings. The van der Waals surface area contributed by atoms with Gasteiger partial charge in [-0.1, -0.05) is 20.8 Å². The first kappa shape index (κ1) is 17.2. The van der Waals surface area contributed by atoms with E-state index in [1.165, 1.54) is 0 Å². The molecule has 1 radical (unpaired) electrons. The van der Waals surface area contributed by atoms with Crippen LogP contribution in [-0.4, -0.2) is 16.0 Å². The lowest BCUT2D eigenvalue weighted by Gasteiger charge is -2.28. The second-order valence-corrected chi connectivity index (χ2v) is 7.37. The number of dihydropyridines is 1. The molecule has 0 fully saturated rings. The summed E-state index contributed by atoms with van der Waals surface area (Å²) in [6, 6.07) is 7.89. The molecule has 1 N–H and O–H groups in total. The maximum Gasteiger partial charge on any atom is 0.130 e. The van der Waals surface area contributed by atoms with Gasteiger partial charge in [-0.3, -0.25) is 9.97 Å². The van der Waals surface area contributed by atoms with E-state index in [2.05, 4.69) is 55.3 Å². The number of rotatable bonds is 3. The van der Waals surface area contributed by atoms with Crippen LogP contribution in [-0.2, 0) is 0 Å². The van der Waals surface area contributed by atoms with Gasteiger partial charge in [0.25, 0.3) is 0 Å². The summed E-state index contributed by atoms with van der Waals surface area (Å²) < 4.78 is 6.17. The largest absolute Gasteiger partial charge is 0.459 e. The van der Waals surface area contributed by atoms with Crippen molar-refractivity contribution in [2.24, 2.45) is 5.41 Å². The average molecular weight is 334 g/mol. The van der Waals surface area contributed by atoms with Crippen LogP contribution >= 0.6 is 0 Å². The molecule has 0 saturated carbocycles. The van der Waals surface area contributed by atoms with Crippen molar-refractivity contribution in [3.8, 4) is 17.0 Å². The van der Waals surface area contributed by atoms with Gasteiger partial charge in [-0.15, -0.1) is 0 Å². The topological polar surface area (TPSA) is 47.0 Å². The molecule has 0 bridgehead atoms. The minimum atomic E-state index is 0.0136. The van der Waals surface area contributed by atoms with Gasteiger partial charge in [-0.25, -0.2) is 0 Å². The SMILES string of the molecule is Cc1cc(-c2cc(OC3=CC(C(C)(C)C)=[C]NC3C)ccn2)ccn1. The number of nitrogens with zero attached hydrogens (tertiary/aromatic N) is 2. The summed E-state index contributed by atoms with van der Waals surface area (Å²) in [4.78, 5) is 8.69. The van der Waals surface area contributed by atoms with E-state index < -0.39 is 0 Å². The lowest BCUT2D eigenvalue weighted by molar-refractivity contribution is 0.362. The van der Waals surface area contributed by atoms with Gasteiger partial charge in [-0.2, -0.15) is 0 Å². The molecule has 0 saturated heterocycles. The third-order valence-corrected chi connectivity index (χ3v) is 4.10. The van der Waals surface area contributed by atoms with E-state index in [4.69, 9.17) is 4.74 Å². The Bertz CT molecular complexity index is 831. The van der Waals surface area contributed by atoms with Gasteiger partial charge in [-0.05, 0) is 49.1 Å². The quantitative estimate of drug-likeness (QED) is 0.901. The molecule has 0 aromatic carbocycles. The predicted octanol–water partition coefficient (Wildman–Crippen LogP) is 4.44. The number of allylic oxidation sites excluding steroid dienone is 2. The lowest BCUT2D eigenvalue weighted by atomic mass is 9.85. The molecule has 3 rings (SSSR count). The number of aromatic nitrogens is 2. The standard InChI is InChI=1S/C21H24N3O/c1-14-10-16(6-8-22-14)19-12-18(7-9-23-19)25-20-11-17(21(3,4)5)13-24-15(20)2/h6-12,15,24H,1-5H3. The number of aryl methyl sites for hydroxylation is 1. The monoisotopic (exact) mass is 334 g/mol. The van der Waals surface area contributed by atoms with Gasteiger partial charge in [0.1, 0.15) is 11.5 Å². The molecule has 0 amide bonds. The van der Waals surface area contributed by atoms with Crippen molar-refractivity contribution in [3.05, 3.63) is 66.0 Å². The third kappa shape index (κ3) is 4.08. The highest BCUT2D eigenvalue weighted by Crippen LogP contribution is 2.30. The fourth-order valence-electron chi connectivity index (χ4n) is 2.56. The van der Waals surface area contributed by atoms with Crippen LogP contribution in [0, 0.1) is 18.5 Å². The first-order valence-electron chi connectivity index (χ1n) is 8.50. The summed E-state index contributed by atoms with van der Waals surface area (Å²) in [5.41, 5.74) is 3.98. The fourth-order valence-corrected chi connectivity index (χ4v) is 2.56. The Labute approximate surface area is 149 Å². The maximum absolute atomic E-state index is 6.17. The van der Waals surface area contributed by atoms with Gasteiger partial charge in [0.2, 0.25) is 0 Å². The molecule has 0 aliphatic carbocycles. The number of hydrogen-bond donors (Lipinski definition) is 1. The molecule has 4 nitrogen and oxygen atoms in total. The van der Waals surface area contributed by atoms with Crippen LogP contribution in [0.1, 0.15) is 33.4 Å². The molecule has 3 heterocycles. The summed E-state index contributed by atoms with van der Waals surface area (Å²) in [6.45, 7) is 10.5. The Balaban J connectivity index is 1.87. The van der Waals surface area contributed by atoms with Crippen molar-refractivity contribution < 1.29 is 4.74 Å². The van der Waals surface area contributed by atoms with Crippen molar-refractivity contribution in [3.63, 3.8) is 0 Å². The van der Waals surface area contributed by atoms with Crippen LogP contribution < -0.4 is 10.1 Å². The van der Waals surface area contributed by atoms with Crippen LogP contribution in [0.15, 0.2) is 54.1 Å². The Kier molecular flexibility index (Phi) is 4.62. The zero-order valence-corrected chi connectivity index (χ0v) is 15.4. The zero-order chi connectivity index (χ0) is 18.0. The van der Waals surface area contributed by atoms with E-state index in [1.54, 1.807) is 12.4 Å². The maximum atomic E-state index is 6.17. The number of hydrogen-bond acceptors (Lipinski definition) is 4. The van der Waals surface area contributed by atoms with E-state index >= 15 is 0 Å². The van der Waals surface area contributed by atoms with E-state index in [0.717, 1.165) is 34.0 Å². The Morgan fingerprint density at radius 2 is 1.88 bits per heavy atom. The highest BCUT2D eigenvalue weighted by molar-refractivity contribution is 5.60. The van der Waals surface area contributed by atoms with Gasteiger partial charge < -0.3 is 10.1 Å². The van der Waals surface area contributed by atoms with E-state index in [0.29, 0.717) is 0 Å². The van der Waals surface area contributed by atoms with Gasteiger partial charge in [0.15, 0.2) is 0 Å². The number of nitrogens with one attached hydrogen (secondary N) is 1. The minimum absolute atomic E-state index is 0.0136. The summed E-state index contributed by atoms with van der Waals surface area (Å²) >= 11 is 0. The number of pyridine rings is 2. The van der Waals surface area contributed by atoms with Gasteiger partial charge in [0, 0.05) is 29.7 Å². The van der Waals surface area contributed by atoms with Crippen molar-refractivity contribution >= 4 is 0 Å². The Morgan fingerprint density at radius 1 is 1.12 bits per heavy atom. The second-order valence-electron chi connectivity index (χ2n) is 7.37. The highest BCUT2D eigenvalue weighted by atomic mass is 16.5. The molecule has 1 aliphatic rings. The molecule has 0 spiro atoms. The Morgan fingerprint density at radius 3 is 2.60 bits per heavy atom. The smallest absolute Gasteiger partial charge is 0.130 e. The second kappa shape index (κ2) is 6.71. The first-order chi connectivity index (χ1) is 11.8. The summed E-state index contributed by atoms with van der Waals surface area (Å²) in [5, 5.41) is 3.26. The summed E-state index contributed by atoms with van der Waals surface area (Å²) in [6.07, 6.45) is 8.91. The Hall–Kier alpha value is -2.62. The fraction of sp³-hybridized carbons (Fsp3) is 0.333. The zero-order valence-electron chi connectivity index (χ0n) is 15.4. The molecule has 1 aliphatic heterocycles. The minimum Gasteiger partial charge on any atom is -0.459 e.